The number of hydrogen-bond donors (Lipinski definition) is 2. The zero-order valence-electron chi connectivity index (χ0n) is 9.78. The lowest BCUT2D eigenvalue weighted by Crippen LogP contribution is -2.42. The van der Waals surface area contributed by atoms with Gasteiger partial charge in [-0.15, -0.1) is 0 Å². The van der Waals surface area contributed by atoms with Crippen molar-refractivity contribution in [2.75, 3.05) is 0 Å². The molecule has 0 bridgehead atoms. The third-order valence-electron chi connectivity index (χ3n) is 2.05. The first-order valence-electron chi connectivity index (χ1n) is 5.07. The number of benzene rings is 1. The summed E-state index contributed by atoms with van der Waals surface area (Å²) in [6.45, 7) is 1.21. The molecule has 0 aliphatic heterocycles. The van der Waals surface area contributed by atoms with Crippen LogP contribution in [0.1, 0.15) is 17.3 Å². The molecule has 0 radical (unpaired) electrons. The molecule has 1 aromatic rings. The Morgan fingerprint density at radius 3 is 2.63 bits per heavy atom. The van der Waals surface area contributed by atoms with Crippen molar-refractivity contribution >= 4 is 29.5 Å². The van der Waals surface area contributed by atoms with E-state index in [1.54, 1.807) is 5.32 Å². The molecule has 1 rings (SSSR count). The Morgan fingerprint density at radius 1 is 1.42 bits per heavy atom. The molecule has 1 aromatic carbocycles. The van der Waals surface area contributed by atoms with E-state index in [2.05, 4.69) is 4.74 Å². The summed E-state index contributed by atoms with van der Waals surface area (Å²) < 4.78 is 18.0. The number of nitrogens with two attached hydrogens (primary N) is 1. The van der Waals surface area contributed by atoms with Gasteiger partial charge in [-0.1, -0.05) is 11.6 Å². The number of amides is 3. The second-order valence-electron chi connectivity index (χ2n) is 3.53. The normalized spacial score (nSPS) is 11.5. The van der Waals surface area contributed by atoms with Crippen molar-refractivity contribution in [2.24, 2.45) is 5.73 Å². The number of hydrogen-bond acceptors (Lipinski definition) is 4. The summed E-state index contributed by atoms with van der Waals surface area (Å²) in [5.41, 5.74) is 4.32. The number of primary amides is 1. The molecule has 3 amide bonds. The molecule has 0 saturated heterocycles. The smallest absolute Gasteiger partial charge is 0.341 e. The molecular formula is C11H10ClFN2O4. The van der Waals surface area contributed by atoms with E-state index in [1.807, 2.05) is 0 Å². The number of nitrogens with one attached hydrogen (secondary N) is 1. The third kappa shape index (κ3) is 4.22. The summed E-state index contributed by atoms with van der Waals surface area (Å²) in [5, 5.41) is 1.87. The Bertz CT molecular complexity index is 535. The van der Waals surface area contributed by atoms with E-state index in [1.165, 1.54) is 13.0 Å². The quantitative estimate of drug-likeness (QED) is 0.817. The Kier molecular flexibility index (Phi) is 4.82. The molecule has 0 spiro atoms. The van der Waals surface area contributed by atoms with Crippen molar-refractivity contribution in [1.29, 1.82) is 0 Å². The average Bonchev–Trinajstić information content (AvgIpc) is 2.31. The molecule has 19 heavy (non-hydrogen) atoms. The number of imide groups is 1. The minimum atomic E-state index is -1.31. The van der Waals surface area contributed by atoms with Gasteiger partial charge in [0.05, 0.1) is 5.56 Å². The molecule has 1 atom stereocenters. The molecule has 3 N–H and O–H groups in total. The predicted octanol–water partition coefficient (Wildman–Crippen LogP) is 1.22. The molecule has 6 nitrogen and oxygen atoms in total. The zero-order valence-corrected chi connectivity index (χ0v) is 10.5. The largest absolute Gasteiger partial charge is 0.449 e. The van der Waals surface area contributed by atoms with Crippen LogP contribution in [0.4, 0.5) is 9.18 Å². The number of halogens is 2. The van der Waals surface area contributed by atoms with Crippen LogP contribution in [0.15, 0.2) is 18.2 Å². The van der Waals surface area contributed by atoms with Gasteiger partial charge in [0.1, 0.15) is 5.82 Å². The summed E-state index contributed by atoms with van der Waals surface area (Å²) in [5.74, 6) is -2.83. The zero-order chi connectivity index (χ0) is 14.6. The first kappa shape index (κ1) is 14.9. The van der Waals surface area contributed by atoms with E-state index in [-0.39, 0.29) is 5.02 Å². The van der Waals surface area contributed by atoms with E-state index in [0.29, 0.717) is 0 Å². The first-order chi connectivity index (χ1) is 8.81. The number of carbonyl (C=O) groups excluding carboxylic acids is 3. The highest BCUT2D eigenvalue weighted by Gasteiger charge is 2.22. The number of rotatable bonds is 3. The van der Waals surface area contributed by atoms with Gasteiger partial charge >= 0.3 is 12.0 Å². The van der Waals surface area contributed by atoms with Gasteiger partial charge in [0.25, 0.3) is 5.91 Å². The lowest BCUT2D eigenvalue weighted by Gasteiger charge is -2.12. The van der Waals surface area contributed by atoms with Crippen molar-refractivity contribution in [3.63, 3.8) is 0 Å². The molecular weight excluding hydrogens is 279 g/mol. The van der Waals surface area contributed by atoms with E-state index < -0.39 is 35.4 Å². The van der Waals surface area contributed by atoms with Crippen LogP contribution >= 0.6 is 11.6 Å². The van der Waals surface area contributed by atoms with Gasteiger partial charge in [0.15, 0.2) is 6.10 Å². The summed E-state index contributed by atoms with van der Waals surface area (Å²) in [6.07, 6.45) is -1.31. The summed E-state index contributed by atoms with van der Waals surface area (Å²) in [4.78, 5) is 33.3. The summed E-state index contributed by atoms with van der Waals surface area (Å²) in [7, 11) is 0. The Labute approximate surface area is 112 Å². The van der Waals surface area contributed by atoms with Crippen molar-refractivity contribution in [3.05, 3.63) is 34.6 Å². The van der Waals surface area contributed by atoms with Crippen molar-refractivity contribution in [1.82, 2.24) is 5.32 Å². The molecule has 0 aromatic heterocycles. The second-order valence-corrected chi connectivity index (χ2v) is 3.96. The maximum Gasteiger partial charge on any atom is 0.341 e. The van der Waals surface area contributed by atoms with Crippen LogP contribution in [-0.2, 0) is 9.53 Å². The molecule has 0 heterocycles. The monoisotopic (exact) mass is 288 g/mol. The maximum absolute atomic E-state index is 13.3. The lowest BCUT2D eigenvalue weighted by atomic mass is 10.2. The van der Waals surface area contributed by atoms with Gasteiger partial charge in [-0.25, -0.2) is 14.0 Å². The van der Waals surface area contributed by atoms with Crippen LogP contribution < -0.4 is 11.1 Å². The fourth-order valence-corrected chi connectivity index (χ4v) is 1.33. The van der Waals surface area contributed by atoms with Gasteiger partial charge in [0, 0.05) is 5.02 Å². The van der Waals surface area contributed by atoms with Crippen LogP contribution in [-0.4, -0.2) is 24.0 Å². The Balaban J connectivity index is 2.77. The highest BCUT2D eigenvalue weighted by atomic mass is 35.5. The van der Waals surface area contributed by atoms with Gasteiger partial charge in [-0.2, -0.15) is 0 Å². The molecule has 8 heteroatoms. The van der Waals surface area contributed by atoms with Gasteiger partial charge in [0.2, 0.25) is 0 Å². The number of ether oxygens (including phenoxy) is 1. The van der Waals surface area contributed by atoms with Crippen LogP contribution in [0.3, 0.4) is 0 Å². The van der Waals surface area contributed by atoms with Gasteiger partial charge in [-0.05, 0) is 25.1 Å². The topological polar surface area (TPSA) is 98.5 Å². The standard InChI is InChI=1S/C11H10ClFN2O4/c1-5(9(16)15-11(14)18)19-10(17)7-4-6(12)2-3-8(7)13/h2-5H,1H3,(H3,14,15,16,18)/t5-/m0/s1. The van der Waals surface area contributed by atoms with E-state index in [9.17, 15) is 18.8 Å². The SMILES string of the molecule is C[C@H](OC(=O)c1cc(Cl)ccc1F)C(=O)NC(N)=O. The number of carbonyl (C=O) groups is 3. The highest BCUT2D eigenvalue weighted by Crippen LogP contribution is 2.16. The Morgan fingerprint density at radius 2 is 2.05 bits per heavy atom. The molecule has 0 aliphatic carbocycles. The number of urea groups is 1. The van der Waals surface area contributed by atoms with Gasteiger partial charge in [-0.3, -0.25) is 10.1 Å². The fraction of sp³-hybridized carbons (Fsp3) is 0.182. The van der Waals surface area contributed by atoms with Gasteiger partial charge < -0.3 is 10.5 Å². The van der Waals surface area contributed by atoms with Crippen molar-refractivity contribution in [2.45, 2.75) is 13.0 Å². The predicted molar refractivity (Wildman–Crippen MR) is 64.0 cm³/mol. The van der Waals surface area contributed by atoms with Crippen molar-refractivity contribution < 1.29 is 23.5 Å². The average molecular weight is 289 g/mol. The lowest BCUT2D eigenvalue weighted by molar-refractivity contribution is -0.127. The Hall–Kier alpha value is -2.15. The third-order valence-corrected chi connectivity index (χ3v) is 2.28. The summed E-state index contributed by atoms with van der Waals surface area (Å²) >= 11 is 5.61. The minimum absolute atomic E-state index is 0.141. The highest BCUT2D eigenvalue weighted by molar-refractivity contribution is 6.30. The van der Waals surface area contributed by atoms with Crippen LogP contribution in [0.25, 0.3) is 0 Å². The van der Waals surface area contributed by atoms with Crippen LogP contribution in [0.5, 0.6) is 0 Å². The van der Waals surface area contributed by atoms with Crippen LogP contribution in [0, 0.1) is 5.82 Å². The van der Waals surface area contributed by atoms with E-state index in [0.717, 1.165) is 12.1 Å². The molecule has 0 unspecified atom stereocenters. The minimum Gasteiger partial charge on any atom is -0.449 e. The molecule has 0 fully saturated rings. The number of esters is 1. The van der Waals surface area contributed by atoms with Crippen molar-refractivity contribution in [3.8, 4) is 0 Å². The second kappa shape index (κ2) is 6.14. The van der Waals surface area contributed by atoms with Crippen LogP contribution in [0.2, 0.25) is 5.02 Å². The maximum atomic E-state index is 13.3. The van der Waals surface area contributed by atoms with E-state index >= 15 is 0 Å². The van der Waals surface area contributed by atoms with E-state index in [4.69, 9.17) is 17.3 Å². The molecule has 0 saturated carbocycles. The first-order valence-corrected chi connectivity index (χ1v) is 5.45. The summed E-state index contributed by atoms with van der Waals surface area (Å²) in [6, 6.07) is 2.24. The fourth-order valence-electron chi connectivity index (χ4n) is 1.15. The molecule has 102 valence electrons. The molecule has 0 aliphatic rings.